The SMILES string of the molecule is OC1CCCCCC2(CCC1)OCCO2. The highest BCUT2D eigenvalue weighted by Gasteiger charge is 2.35. The fourth-order valence-electron chi connectivity index (χ4n) is 2.61. The van der Waals surface area contributed by atoms with Crippen molar-refractivity contribution in [1.82, 2.24) is 0 Å². The Hall–Kier alpha value is -0.120. The maximum absolute atomic E-state index is 9.68. The van der Waals surface area contributed by atoms with Gasteiger partial charge >= 0.3 is 0 Å². The van der Waals surface area contributed by atoms with E-state index in [1.54, 1.807) is 0 Å². The molecule has 0 aromatic heterocycles. The lowest BCUT2D eigenvalue weighted by atomic mass is 9.95. The minimum Gasteiger partial charge on any atom is -0.393 e. The number of aliphatic hydroxyl groups excluding tert-OH is 1. The molecule has 1 atom stereocenters. The van der Waals surface area contributed by atoms with Gasteiger partial charge in [0.15, 0.2) is 5.79 Å². The molecule has 2 rings (SSSR count). The summed E-state index contributed by atoms with van der Waals surface area (Å²) in [7, 11) is 0. The molecule has 2 aliphatic rings. The van der Waals surface area contributed by atoms with E-state index in [2.05, 4.69) is 0 Å². The van der Waals surface area contributed by atoms with Crippen LogP contribution in [0.25, 0.3) is 0 Å². The molecule has 0 aromatic rings. The van der Waals surface area contributed by atoms with Crippen LogP contribution in [-0.4, -0.2) is 30.2 Å². The predicted molar refractivity (Wildman–Crippen MR) is 57.6 cm³/mol. The van der Waals surface area contributed by atoms with Gasteiger partial charge in [0.25, 0.3) is 0 Å². The normalized spacial score (nSPS) is 33.0. The van der Waals surface area contributed by atoms with E-state index in [9.17, 15) is 5.11 Å². The lowest BCUT2D eigenvalue weighted by Gasteiger charge is -2.28. The summed E-state index contributed by atoms with van der Waals surface area (Å²) in [6, 6.07) is 0. The highest BCUT2D eigenvalue weighted by Crippen LogP contribution is 2.32. The first-order valence-electron chi connectivity index (χ1n) is 6.27. The first kappa shape index (κ1) is 11.4. The first-order valence-corrected chi connectivity index (χ1v) is 6.27. The molecule has 3 heteroatoms. The summed E-state index contributed by atoms with van der Waals surface area (Å²) in [5.74, 6) is -0.295. The number of rotatable bonds is 0. The second-order valence-electron chi connectivity index (χ2n) is 4.75. The maximum atomic E-state index is 9.68. The van der Waals surface area contributed by atoms with Crippen molar-refractivity contribution in [2.75, 3.05) is 13.2 Å². The third kappa shape index (κ3) is 3.16. The van der Waals surface area contributed by atoms with Gasteiger partial charge in [-0.2, -0.15) is 0 Å². The zero-order valence-electron chi connectivity index (χ0n) is 9.41. The van der Waals surface area contributed by atoms with Crippen LogP contribution in [0.15, 0.2) is 0 Å². The van der Waals surface area contributed by atoms with Crippen molar-refractivity contribution >= 4 is 0 Å². The zero-order valence-corrected chi connectivity index (χ0v) is 9.41. The molecule has 1 spiro atoms. The van der Waals surface area contributed by atoms with E-state index >= 15 is 0 Å². The van der Waals surface area contributed by atoms with E-state index in [0.717, 1.165) is 58.2 Å². The zero-order chi connectivity index (χ0) is 10.6. The van der Waals surface area contributed by atoms with Gasteiger partial charge in [0.2, 0.25) is 0 Å². The molecular formula is C12H22O3. The molecule has 1 aliphatic heterocycles. The third-order valence-electron chi connectivity index (χ3n) is 3.50. The quantitative estimate of drug-likeness (QED) is 0.672. The number of hydrogen-bond acceptors (Lipinski definition) is 3. The second kappa shape index (κ2) is 5.28. The van der Waals surface area contributed by atoms with Gasteiger partial charge in [-0.3, -0.25) is 0 Å². The van der Waals surface area contributed by atoms with Gasteiger partial charge in [0, 0.05) is 12.8 Å². The van der Waals surface area contributed by atoms with E-state index in [0.29, 0.717) is 0 Å². The molecule has 1 saturated heterocycles. The summed E-state index contributed by atoms with van der Waals surface area (Å²) in [4.78, 5) is 0. The molecule has 1 unspecified atom stereocenters. The lowest BCUT2D eigenvalue weighted by Crippen LogP contribution is -2.30. The predicted octanol–water partition coefficient (Wildman–Crippen LogP) is 2.22. The van der Waals surface area contributed by atoms with Crippen LogP contribution >= 0.6 is 0 Å². The minimum absolute atomic E-state index is 0.110. The first-order chi connectivity index (χ1) is 7.31. The highest BCUT2D eigenvalue weighted by atomic mass is 16.7. The van der Waals surface area contributed by atoms with Crippen molar-refractivity contribution < 1.29 is 14.6 Å². The molecule has 15 heavy (non-hydrogen) atoms. The Balaban J connectivity index is 1.88. The summed E-state index contributed by atoms with van der Waals surface area (Å²) >= 11 is 0. The smallest absolute Gasteiger partial charge is 0.168 e. The highest BCUT2D eigenvalue weighted by molar-refractivity contribution is 4.76. The number of ether oxygens (including phenoxy) is 2. The van der Waals surface area contributed by atoms with Gasteiger partial charge in [-0.25, -0.2) is 0 Å². The lowest BCUT2D eigenvalue weighted by molar-refractivity contribution is -0.169. The third-order valence-corrected chi connectivity index (χ3v) is 3.50. The van der Waals surface area contributed by atoms with Crippen molar-refractivity contribution in [2.45, 2.75) is 63.3 Å². The Morgan fingerprint density at radius 1 is 0.867 bits per heavy atom. The van der Waals surface area contributed by atoms with E-state index in [4.69, 9.17) is 9.47 Å². The monoisotopic (exact) mass is 214 g/mol. The van der Waals surface area contributed by atoms with Gasteiger partial charge in [-0.05, 0) is 25.7 Å². The average Bonchev–Trinajstić information content (AvgIpc) is 2.67. The van der Waals surface area contributed by atoms with Crippen LogP contribution < -0.4 is 0 Å². The van der Waals surface area contributed by atoms with Gasteiger partial charge in [0.1, 0.15) is 0 Å². The maximum Gasteiger partial charge on any atom is 0.168 e. The van der Waals surface area contributed by atoms with Crippen LogP contribution in [0, 0.1) is 0 Å². The molecule has 1 heterocycles. The molecule has 0 amide bonds. The van der Waals surface area contributed by atoms with Crippen LogP contribution in [0.1, 0.15) is 51.4 Å². The van der Waals surface area contributed by atoms with Gasteiger partial charge in [-0.1, -0.05) is 12.8 Å². The van der Waals surface area contributed by atoms with Crippen molar-refractivity contribution in [2.24, 2.45) is 0 Å². The molecule has 1 aliphatic carbocycles. The van der Waals surface area contributed by atoms with Crippen molar-refractivity contribution in [1.29, 1.82) is 0 Å². The Morgan fingerprint density at radius 2 is 1.53 bits per heavy atom. The summed E-state index contributed by atoms with van der Waals surface area (Å²) in [5, 5.41) is 9.68. The number of hydrogen-bond donors (Lipinski definition) is 1. The van der Waals surface area contributed by atoms with E-state index in [1.807, 2.05) is 0 Å². The molecule has 0 aromatic carbocycles. The molecule has 3 nitrogen and oxygen atoms in total. The molecule has 2 fully saturated rings. The summed E-state index contributed by atoms with van der Waals surface area (Å²) in [5.41, 5.74) is 0. The Morgan fingerprint density at radius 3 is 2.33 bits per heavy atom. The van der Waals surface area contributed by atoms with Gasteiger partial charge in [0.05, 0.1) is 19.3 Å². The molecule has 0 radical (unpaired) electrons. The standard InChI is InChI=1S/C12H22O3/c13-11-5-2-1-3-7-12(8-4-6-11)14-9-10-15-12/h11,13H,1-10H2. The molecule has 0 bridgehead atoms. The summed E-state index contributed by atoms with van der Waals surface area (Å²) in [6.07, 6.45) is 8.23. The van der Waals surface area contributed by atoms with E-state index in [1.165, 1.54) is 6.42 Å². The minimum atomic E-state index is -0.295. The molecule has 1 N–H and O–H groups in total. The van der Waals surface area contributed by atoms with Crippen molar-refractivity contribution in [3.05, 3.63) is 0 Å². The molecule has 88 valence electrons. The molecule has 1 saturated carbocycles. The summed E-state index contributed by atoms with van der Waals surface area (Å²) in [6.45, 7) is 1.48. The summed E-state index contributed by atoms with van der Waals surface area (Å²) < 4.78 is 11.5. The fourth-order valence-corrected chi connectivity index (χ4v) is 2.61. The molecular weight excluding hydrogens is 192 g/mol. The van der Waals surface area contributed by atoms with Crippen molar-refractivity contribution in [3.8, 4) is 0 Å². The topological polar surface area (TPSA) is 38.7 Å². The Bertz CT molecular complexity index is 187. The number of aliphatic hydroxyl groups is 1. The Labute approximate surface area is 91.8 Å². The second-order valence-corrected chi connectivity index (χ2v) is 4.75. The van der Waals surface area contributed by atoms with Crippen LogP contribution in [0.3, 0.4) is 0 Å². The van der Waals surface area contributed by atoms with Gasteiger partial charge in [-0.15, -0.1) is 0 Å². The van der Waals surface area contributed by atoms with Crippen LogP contribution in [0.2, 0.25) is 0 Å². The van der Waals surface area contributed by atoms with Crippen LogP contribution in [-0.2, 0) is 9.47 Å². The Kier molecular flexibility index (Phi) is 4.00. The fraction of sp³-hybridized carbons (Fsp3) is 1.00. The van der Waals surface area contributed by atoms with Crippen LogP contribution in [0.4, 0.5) is 0 Å². The van der Waals surface area contributed by atoms with Crippen LogP contribution in [0.5, 0.6) is 0 Å². The largest absolute Gasteiger partial charge is 0.393 e. The average molecular weight is 214 g/mol. The van der Waals surface area contributed by atoms with Crippen molar-refractivity contribution in [3.63, 3.8) is 0 Å². The van der Waals surface area contributed by atoms with Gasteiger partial charge < -0.3 is 14.6 Å². The van der Waals surface area contributed by atoms with E-state index < -0.39 is 0 Å². The van der Waals surface area contributed by atoms with E-state index in [-0.39, 0.29) is 11.9 Å².